The minimum Gasteiger partial charge on any atom is -0.497 e. The zero-order chi connectivity index (χ0) is 20.9. The minimum absolute atomic E-state index is 0.0464. The van der Waals surface area contributed by atoms with Gasteiger partial charge in [-0.25, -0.2) is 0 Å². The largest absolute Gasteiger partial charge is 0.497 e. The summed E-state index contributed by atoms with van der Waals surface area (Å²) in [6.07, 6.45) is 3.64. The average molecular weight is 408 g/mol. The SMILES string of the molecule is COc1cccc(/C=C2/Oc3ccccc3N(CC(=O)NC[C@@H]3CCCO3)C2=O)c1. The van der Waals surface area contributed by atoms with Crippen LogP contribution in [0.2, 0.25) is 0 Å². The summed E-state index contributed by atoms with van der Waals surface area (Å²) in [5, 5.41) is 2.87. The molecule has 0 bridgehead atoms. The Labute approximate surface area is 175 Å². The number of ether oxygens (including phenoxy) is 3. The van der Waals surface area contributed by atoms with Crippen LogP contribution in [0.25, 0.3) is 6.08 Å². The van der Waals surface area contributed by atoms with Crippen LogP contribution in [-0.2, 0) is 14.3 Å². The van der Waals surface area contributed by atoms with Crippen LogP contribution in [0, 0.1) is 0 Å². The lowest BCUT2D eigenvalue weighted by Crippen LogP contribution is -2.45. The highest BCUT2D eigenvalue weighted by Crippen LogP contribution is 2.35. The molecule has 0 unspecified atom stereocenters. The van der Waals surface area contributed by atoms with Gasteiger partial charge in [-0.05, 0) is 48.7 Å². The molecule has 2 amide bonds. The normalized spacial score (nSPS) is 19.4. The second-order valence-electron chi connectivity index (χ2n) is 7.19. The van der Waals surface area contributed by atoms with E-state index < -0.39 is 0 Å². The number of carbonyl (C=O) groups excluding carboxylic acids is 2. The van der Waals surface area contributed by atoms with E-state index >= 15 is 0 Å². The van der Waals surface area contributed by atoms with Crippen LogP contribution in [0.5, 0.6) is 11.5 Å². The molecule has 2 heterocycles. The Balaban J connectivity index is 1.54. The number of methoxy groups -OCH3 is 1. The number of amides is 2. The van der Waals surface area contributed by atoms with Crippen LogP contribution in [0.15, 0.2) is 54.3 Å². The fourth-order valence-corrected chi connectivity index (χ4v) is 3.53. The molecule has 4 rings (SSSR count). The van der Waals surface area contributed by atoms with Gasteiger partial charge in [-0.15, -0.1) is 0 Å². The maximum atomic E-state index is 13.1. The summed E-state index contributed by atoms with van der Waals surface area (Å²) in [5.74, 6) is 0.741. The standard InChI is InChI=1S/C23H24N2O5/c1-28-17-7-4-6-16(12-17)13-21-23(27)25(19-9-2-3-10-20(19)30-21)15-22(26)24-14-18-8-5-11-29-18/h2-4,6-7,9-10,12-13,18H,5,8,11,14-15H2,1H3,(H,24,26)/b21-13+/t18-/m0/s1. The first kappa shape index (κ1) is 20.0. The lowest BCUT2D eigenvalue weighted by molar-refractivity contribution is -0.123. The maximum Gasteiger partial charge on any atom is 0.294 e. The van der Waals surface area contributed by atoms with Gasteiger partial charge in [0.05, 0.1) is 18.9 Å². The number of hydrogen-bond donors (Lipinski definition) is 1. The molecule has 1 atom stereocenters. The summed E-state index contributed by atoms with van der Waals surface area (Å²) in [6.45, 7) is 1.08. The van der Waals surface area contributed by atoms with Crippen molar-refractivity contribution in [3.8, 4) is 11.5 Å². The number of benzene rings is 2. The molecule has 2 aromatic rings. The molecule has 0 saturated carbocycles. The molecular formula is C23H24N2O5. The summed E-state index contributed by atoms with van der Waals surface area (Å²) >= 11 is 0. The predicted molar refractivity (Wildman–Crippen MR) is 112 cm³/mol. The zero-order valence-electron chi connectivity index (χ0n) is 16.8. The Morgan fingerprint density at radius 2 is 2.13 bits per heavy atom. The van der Waals surface area contributed by atoms with E-state index in [4.69, 9.17) is 14.2 Å². The van der Waals surface area contributed by atoms with E-state index in [-0.39, 0.29) is 30.2 Å². The number of rotatable bonds is 6. The van der Waals surface area contributed by atoms with E-state index in [1.54, 1.807) is 25.3 Å². The fraction of sp³-hybridized carbons (Fsp3) is 0.304. The number of nitrogens with one attached hydrogen (secondary N) is 1. The fourth-order valence-electron chi connectivity index (χ4n) is 3.53. The molecular weight excluding hydrogens is 384 g/mol. The Hall–Kier alpha value is -3.32. The lowest BCUT2D eigenvalue weighted by Gasteiger charge is -2.30. The number of fused-ring (bicyclic) bond motifs is 1. The summed E-state index contributed by atoms with van der Waals surface area (Å²) in [7, 11) is 1.59. The van der Waals surface area contributed by atoms with Crippen molar-refractivity contribution in [2.75, 3.05) is 31.7 Å². The van der Waals surface area contributed by atoms with Gasteiger partial charge < -0.3 is 19.5 Å². The molecule has 7 nitrogen and oxygen atoms in total. The monoisotopic (exact) mass is 408 g/mol. The van der Waals surface area contributed by atoms with Gasteiger partial charge in [0, 0.05) is 13.2 Å². The molecule has 1 N–H and O–H groups in total. The molecule has 30 heavy (non-hydrogen) atoms. The summed E-state index contributed by atoms with van der Waals surface area (Å²) in [4.78, 5) is 27.1. The molecule has 156 valence electrons. The maximum absolute atomic E-state index is 13.1. The van der Waals surface area contributed by atoms with E-state index in [0.717, 1.165) is 25.0 Å². The summed E-state index contributed by atoms with van der Waals surface area (Å²) in [5.41, 5.74) is 1.33. The van der Waals surface area contributed by atoms with Gasteiger partial charge >= 0.3 is 0 Å². The Bertz CT molecular complexity index is 966. The number of hydrogen-bond acceptors (Lipinski definition) is 5. The second kappa shape index (κ2) is 9.00. The first-order valence-electron chi connectivity index (χ1n) is 9.97. The Kier molecular flexibility index (Phi) is 5.99. The highest BCUT2D eigenvalue weighted by molar-refractivity contribution is 6.12. The summed E-state index contributed by atoms with van der Waals surface area (Å²) < 4.78 is 16.6. The third-order valence-corrected chi connectivity index (χ3v) is 5.08. The third kappa shape index (κ3) is 4.46. The molecule has 0 aliphatic carbocycles. The second-order valence-corrected chi connectivity index (χ2v) is 7.19. The van der Waals surface area contributed by atoms with Gasteiger partial charge in [-0.1, -0.05) is 24.3 Å². The molecule has 2 aromatic carbocycles. The van der Waals surface area contributed by atoms with Crippen molar-refractivity contribution in [3.05, 3.63) is 59.9 Å². The van der Waals surface area contributed by atoms with Crippen LogP contribution in [0.1, 0.15) is 18.4 Å². The minimum atomic E-state index is -0.371. The Morgan fingerprint density at radius 1 is 1.27 bits per heavy atom. The van der Waals surface area contributed by atoms with Crippen molar-refractivity contribution >= 4 is 23.6 Å². The zero-order valence-corrected chi connectivity index (χ0v) is 16.8. The van der Waals surface area contributed by atoms with Gasteiger partial charge in [-0.3, -0.25) is 14.5 Å². The highest BCUT2D eigenvalue weighted by atomic mass is 16.5. The molecule has 2 aliphatic heterocycles. The van der Waals surface area contributed by atoms with Crippen molar-refractivity contribution in [1.82, 2.24) is 5.32 Å². The van der Waals surface area contributed by atoms with Crippen molar-refractivity contribution in [3.63, 3.8) is 0 Å². The van der Waals surface area contributed by atoms with Crippen molar-refractivity contribution in [2.45, 2.75) is 18.9 Å². The quantitative estimate of drug-likeness (QED) is 0.744. The van der Waals surface area contributed by atoms with Gasteiger partial charge in [0.2, 0.25) is 5.91 Å². The van der Waals surface area contributed by atoms with Gasteiger partial charge in [0.15, 0.2) is 11.5 Å². The van der Waals surface area contributed by atoms with Gasteiger partial charge in [0.25, 0.3) is 5.91 Å². The highest BCUT2D eigenvalue weighted by Gasteiger charge is 2.31. The smallest absolute Gasteiger partial charge is 0.294 e. The third-order valence-electron chi connectivity index (χ3n) is 5.08. The van der Waals surface area contributed by atoms with E-state index in [2.05, 4.69) is 5.32 Å². The number of para-hydroxylation sites is 2. The molecule has 0 aromatic heterocycles. The molecule has 0 spiro atoms. The van der Waals surface area contributed by atoms with Crippen molar-refractivity contribution in [1.29, 1.82) is 0 Å². The number of anilines is 1. The first-order valence-corrected chi connectivity index (χ1v) is 9.97. The molecule has 1 saturated heterocycles. The van der Waals surface area contributed by atoms with E-state index in [1.807, 2.05) is 36.4 Å². The molecule has 1 fully saturated rings. The molecule has 7 heteroatoms. The van der Waals surface area contributed by atoms with Crippen LogP contribution < -0.4 is 19.7 Å². The first-order chi connectivity index (χ1) is 14.6. The van der Waals surface area contributed by atoms with Crippen LogP contribution in [0.4, 0.5) is 5.69 Å². The van der Waals surface area contributed by atoms with Crippen molar-refractivity contribution < 1.29 is 23.8 Å². The van der Waals surface area contributed by atoms with Gasteiger partial charge in [-0.2, -0.15) is 0 Å². The van der Waals surface area contributed by atoms with E-state index in [1.165, 1.54) is 4.90 Å². The predicted octanol–water partition coefficient (Wildman–Crippen LogP) is 2.76. The number of nitrogens with zero attached hydrogens (tertiary/aromatic N) is 1. The molecule has 0 radical (unpaired) electrons. The van der Waals surface area contributed by atoms with Crippen molar-refractivity contribution in [2.24, 2.45) is 0 Å². The van der Waals surface area contributed by atoms with Crippen LogP contribution in [0.3, 0.4) is 0 Å². The lowest BCUT2D eigenvalue weighted by atomic mass is 10.1. The van der Waals surface area contributed by atoms with Crippen LogP contribution >= 0.6 is 0 Å². The van der Waals surface area contributed by atoms with E-state index in [0.29, 0.717) is 23.7 Å². The van der Waals surface area contributed by atoms with E-state index in [9.17, 15) is 9.59 Å². The average Bonchev–Trinajstić information content (AvgIpc) is 3.29. The number of carbonyl (C=O) groups is 2. The summed E-state index contributed by atoms with van der Waals surface area (Å²) in [6, 6.07) is 14.5. The Morgan fingerprint density at radius 3 is 2.93 bits per heavy atom. The molecule has 2 aliphatic rings. The van der Waals surface area contributed by atoms with Gasteiger partial charge in [0.1, 0.15) is 12.3 Å². The van der Waals surface area contributed by atoms with Crippen LogP contribution in [-0.4, -0.2) is 44.7 Å². The topological polar surface area (TPSA) is 77.1 Å².